The van der Waals surface area contributed by atoms with E-state index in [2.05, 4.69) is 0 Å². The Hall–Kier alpha value is -0.900. The van der Waals surface area contributed by atoms with Crippen LogP contribution < -0.4 is 0 Å². The van der Waals surface area contributed by atoms with E-state index in [1.165, 1.54) is 0 Å². The second kappa shape index (κ2) is 3.67. The maximum atomic E-state index is 10.9. The molecule has 0 spiro atoms. The second-order valence-corrected chi connectivity index (χ2v) is 3.07. The number of carboxylic acid groups (broad SMARTS) is 1. The van der Waals surface area contributed by atoms with E-state index in [1.807, 2.05) is 6.92 Å². The number of Topliss-reactive ketones (excluding diaryl/α,β-unsaturated/α-hetero) is 1. The third-order valence-corrected chi connectivity index (χ3v) is 2.04. The molecule has 4 nitrogen and oxygen atoms in total. The molecule has 4 heteroatoms. The van der Waals surface area contributed by atoms with Crippen LogP contribution in [0.15, 0.2) is 0 Å². The zero-order valence-corrected chi connectivity index (χ0v) is 7.12. The molecule has 0 saturated carbocycles. The van der Waals surface area contributed by atoms with Crippen LogP contribution in [0.2, 0.25) is 0 Å². The van der Waals surface area contributed by atoms with Crippen molar-refractivity contribution in [3.8, 4) is 0 Å². The number of ketones is 1. The van der Waals surface area contributed by atoms with Gasteiger partial charge in [-0.15, -0.1) is 0 Å². The molecule has 0 aromatic rings. The van der Waals surface area contributed by atoms with Gasteiger partial charge in [-0.1, -0.05) is 6.92 Å². The summed E-state index contributed by atoms with van der Waals surface area (Å²) in [5, 5.41) is 8.73. The summed E-state index contributed by atoms with van der Waals surface area (Å²) >= 11 is 0. The normalized spacial score (nSPS) is 24.8. The summed E-state index contributed by atoms with van der Waals surface area (Å²) in [4.78, 5) is 23.3. The first-order valence-corrected chi connectivity index (χ1v) is 4.13. The average Bonchev–Trinajstić information content (AvgIpc) is 2.32. The molecule has 12 heavy (non-hydrogen) atoms. The van der Waals surface area contributed by atoms with Crippen molar-refractivity contribution >= 4 is 11.8 Å². The van der Waals surface area contributed by atoms with Gasteiger partial charge in [0, 0.05) is 6.42 Å². The number of carbonyl (C=O) groups excluding carboxylic acids is 1. The molecular formula is C8H13NO3. The molecule has 0 amide bonds. The van der Waals surface area contributed by atoms with Crippen molar-refractivity contribution in [3.63, 3.8) is 0 Å². The molecule has 0 bridgehead atoms. The number of hydrogen-bond donors (Lipinski definition) is 1. The molecule has 1 saturated heterocycles. The van der Waals surface area contributed by atoms with Crippen LogP contribution in [0.4, 0.5) is 0 Å². The SMILES string of the molecule is CCCN1CC(=O)CC1C(=O)O. The maximum Gasteiger partial charge on any atom is 0.321 e. The summed E-state index contributed by atoms with van der Waals surface area (Å²) in [5.41, 5.74) is 0. The molecule has 1 heterocycles. The molecule has 0 aromatic carbocycles. The lowest BCUT2D eigenvalue weighted by atomic mass is 10.2. The van der Waals surface area contributed by atoms with Gasteiger partial charge in [0.05, 0.1) is 6.54 Å². The summed E-state index contributed by atoms with van der Waals surface area (Å²) < 4.78 is 0. The topological polar surface area (TPSA) is 57.6 Å². The van der Waals surface area contributed by atoms with Crippen molar-refractivity contribution in [3.05, 3.63) is 0 Å². The fourth-order valence-electron chi connectivity index (χ4n) is 1.51. The summed E-state index contributed by atoms with van der Waals surface area (Å²) in [5.74, 6) is -0.842. The number of rotatable bonds is 3. The van der Waals surface area contributed by atoms with Crippen molar-refractivity contribution in [2.75, 3.05) is 13.1 Å². The average molecular weight is 171 g/mol. The van der Waals surface area contributed by atoms with Crippen LogP contribution in [-0.4, -0.2) is 40.9 Å². The van der Waals surface area contributed by atoms with E-state index in [0.717, 1.165) is 6.42 Å². The molecule has 0 radical (unpaired) electrons. The third-order valence-electron chi connectivity index (χ3n) is 2.04. The Morgan fingerprint density at radius 3 is 2.92 bits per heavy atom. The number of aliphatic carboxylic acids is 1. The van der Waals surface area contributed by atoms with Gasteiger partial charge in [-0.25, -0.2) is 0 Å². The highest BCUT2D eigenvalue weighted by molar-refractivity contribution is 5.90. The zero-order chi connectivity index (χ0) is 9.14. The molecule has 1 unspecified atom stereocenters. The number of carboxylic acids is 1. The molecule has 0 aliphatic carbocycles. The number of likely N-dealkylation sites (tertiary alicyclic amines) is 1. The van der Waals surface area contributed by atoms with Crippen molar-refractivity contribution < 1.29 is 14.7 Å². The Balaban J connectivity index is 2.59. The molecular weight excluding hydrogens is 158 g/mol. The molecule has 1 fully saturated rings. The fourth-order valence-corrected chi connectivity index (χ4v) is 1.51. The second-order valence-electron chi connectivity index (χ2n) is 3.07. The van der Waals surface area contributed by atoms with Crippen molar-refractivity contribution in [1.82, 2.24) is 4.90 Å². The van der Waals surface area contributed by atoms with E-state index < -0.39 is 12.0 Å². The minimum Gasteiger partial charge on any atom is -0.480 e. The van der Waals surface area contributed by atoms with Crippen molar-refractivity contribution in [1.29, 1.82) is 0 Å². The molecule has 1 aliphatic heterocycles. The lowest BCUT2D eigenvalue weighted by molar-refractivity contribution is -0.142. The Morgan fingerprint density at radius 1 is 1.75 bits per heavy atom. The summed E-state index contributed by atoms with van der Waals surface area (Å²) in [7, 11) is 0. The lowest BCUT2D eigenvalue weighted by Crippen LogP contribution is -2.36. The Bertz CT molecular complexity index is 202. The number of hydrogen-bond acceptors (Lipinski definition) is 3. The fraction of sp³-hybridized carbons (Fsp3) is 0.750. The van der Waals surface area contributed by atoms with E-state index in [9.17, 15) is 9.59 Å². The Labute approximate surface area is 71.2 Å². The van der Waals surface area contributed by atoms with E-state index in [-0.39, 0.29) is 12.2 Å². The molecule has 1 rings (SSSR count). The lowest BCUT2D eigenvalue weighted by Gasteiger charge is -2.18. The quantitative estimate of drug-likeness (QED) is 0.655. The standard InChI is InChI=1S/C8H13NO3/c1-2-3-9-5-6(10)4-7(9)8(11)12/h7H,2-5H2,1H3,(H,11,12). The minimum absolute atomic E-state index is 0.0378. The molecule has 1 N–H and O–H groups in total. The van der Waals surface area contributed by atoms with Gasteiger partial charge >= 0.3 is 5.97 Å². The van der Waals surface area contributed by atoms with Crippen LogP contribution in [0.5, 0.6) is 0 Å². The largest absolute Gasteiger partial charge is 0.480 e. The Morgan fingerprint density at radius 2 is 2.42 bits per heavy atom. The molecule has 0 aromatic heterocycles. The molecule has 1 atom stereocenters. The molecule has 68 valence electrons. The highest BCUT2D eigenvalue weighted by atomic mass is 16.4. The van der Waals surface area contributed by atoms with Crippen LogP contribution in [0.25, 0.3) is 0 Å². The summed E-state index contributed by atoms with van der Waals surface area (Å²) in [6.45, 7) is 2.98. The third kappa shape index (κ3) is 1.82. The van der Waals surface area contributed by atoms with Crippen LogP contribution in [-0.2, 0) is 9.59 Å². The highest BCUT2D eigenvalue weighted by Gasteiger charge is 2.34. The van der Waals surface area contributed by atoms with Crippen LogP contribution in [0.1, 0.15) is 19.8 Å². The highest BCUT2D eigenvalue weighted by Crippen LogP contribution is 2.14. The first-order chi connectivity index (χ1) is 5.65. The van der Waals surface area contributed by atoms with Gasteiger partial charge in [-0.05, 0) is 13.0 Å². The summed E-state index contributed by atoms with van der Waals surface area (Å²) in [6, 6.07) is -0.572. The van der Waals surface area contributed by atoms with Crippen LogP contribution >= 0.6 is 0 Å². The van der Waals surface area contributed by atoms with Gasteiger partial charge in [-0.3, -0.25) is 14.5 Å². The minimum atomic E-state index is -0.880. The smallest absolute Gasteiger partial charge is 0.321 e. The first-order valence-electron chi connectivity index (χ1n) is 4.13. The predicted molar refractivity (Wildman–Crippen MR) is 42.9 cm³/mol. The van der Waals surface area contributed by atoms with Gasteiger partial charge in [-0.2, -0.15) is 0 Å². The van der Waals surface area contributed by atoms with Crippen molar-refractivity contribution in [2.24, 2.45) is 0 Å². The summed E-state index contributed by atoms with van der Waals surface area (Å²) in [6.07, 6.45) is 1.06. The van der Waals surface area contributed by atoms with E-state index in [1.54, 1.807) is 4.90 Å². The van der Waals surface area contributed by atoms with Crippen molar-refractivity contribution in [2.45, 2.75) is 25.8 Å². The van der Waals surface area contributed by atoms with Gasteiger partial charge in [0.1, 0.15) is 11.8 Å². The number of nitrogens with zero attached hydrogens (tertiary/aromatic N) is 1. The molecule has 1 aliphatic rings. The van der Waals surface area contributed by atoms with Crippen LogP contribution in [0.3, 0.4) is 0 Å². The van der Waals surface area contributed by atoms with Gasteiger partial charge in [0.2, 0.25) is 0 Å². The number of carbonyl (C=O) groups is 2. The Kier molecular flexibility index (Phi) is 2.81. The predicted octanol–water partition coefficient (Wildman–Crippen LogP) is 0.124. The monoisotopic (exact) mass is 171 g/mol. The van der Waals surface area contributed by atoms with Gasteiger partial charge in [0.15, 0.2) is 0 Å². The van der Waals surface area contributed by atoms with Crippen LogP contribution in [0, 0.1) is 0 Å². The maximum absolute atomic E-state index is 10.9. The van der Waals surface area contributed by atoms with E-state index >= 15 is 0 Å². The zero-order valence-electron chi connectivity index (χ0n) is 7.12. The van der Waals surface area contributed by atoms with Gasteiger partial charge in [0.25, 0.3) is 0 Å². The van der Waals surface area contributed by atoms with Gasteiger partial charge < -0.3 is 5.11 Å². The van der Waals surface area contributed by atoms with E-state index in [4.69, 9.17) is 5.11 Å². The first kappa shape index (κ1) is 9.19. The van der Waals surface area contributed by atoms with E-state index in [0.29, 0.717) is 13.1 Å².